The Morgan fingerprint density at radius 1 is 1.00 bits per heavy atom. The summed E-state index contributed by atoms with van der Waals surface area (Å²) < 4.78 is 29.7. The highest BCUT2D eigenvalue weighted by molar-refractivity contribution is 9.10. The number of halogens is 3. The molecule has 0 unspecified atom stereocenters. The van der Waals surface area contributed by atoms with E-state index in [4.69, 9.17) is 11.6 Å². The largest absolute Gasteiger partial charge is 0.324 e. The molecule has 0 aromatic heterocycles. The zero-order valence-electron chi connectivity index (χ0n) is 18.1. The van der Waals surface area contributed by atoms with E-state index in [2.05, 4.69) is 37.2 Å². The molecule has 3 aromatic rings. The van der Waals surface area contributed by atoms with E-state index in [1.165, 1.54) is 16.4 Å². The molecular formula is C24H23Br2ClN2O3S. The number of nitrogens with one attached hydrogen (secondary N) is 1. The first-order valence-corrected chi connectivity index (χ1v) is 13.6. The molecule has 0 saturated heterocycles. The lowest BCUT2D eigenvalue weighted by Crippen LogP contribution is -2.37. The van der Waals surface area contributed by atoms with Gasteiger partial charge in [0, 0.05) is 26.2 Å². The molecule has 3 aromatic carbocycles. The smallest absolute Gasteiger partial charge is 0.243 e. The van der Waals surface area contributed by atoms with E-state index in [1.807, 2.05) is 26.0 Å². The van der Waals surface area contributed by atoms with Crippen LogP contribution in [0.1, 0.15) is 23.6 Å². The van der Waals surface area contributed by atoms with Crippen molar-refractivity contribution in [2.75, 3.05) is 11.9 Å². The number of benzene rings is 3. The third kappa shape index (κ3) is 6.67. The molecule has 9 heteroatoms. The van der Waals surface area contributed by atoms with Crippen LogP contribution < -0.4 is 5.32 Å². The SMILES string of the molecule is CCc1cc(Br)cc(C)c1NC(=O)CN(Cc1ccc(Cl)cc1)S(=O)(=O)c1ccc(Br)cc1. The first-order chi connectivity index (χ1) is 15.6. The summed E-state index contributed by atoms with van der Waals surface area (Å²) in [5.41, 5.74) is 3.30. The van der Waals surface area contributed by atoms with Crippen molar-refractivity contribution in [2.24, 2.45) is 0 Å². The van der Waals surface area contributed by atoms with E-state index in [0.29, 0.717) is 10.7 Å². The zero-order valence-corrected chi connectivity index (χ0v) is 22.9. The lowest BCUT2D eigenvalue weighted by atomic mass is 10.1. The van der Waals surface area contributed by atoms with Gasteiger partial charge in [0.1, 0.15) is 0 Å². The molecule has 3 rings (SSSR count). The van der Waals surface area contributed by atoms with Crippen LogP contribution in [0.4, 0.5) is 5.69 Å². The monoisotopic (exact) mass is 612 g/mol. The van der Waals surface area contributed by atoms with Gasteiger partial charge in [-0.15, -0.1) is 0 Å². The molecule has 0 aliphatic rings. The molecule has 174 valence electrons. The molecular weight excluding hydrogens is 592 g/mol. The number of hydrogen-bond donors (Lipinski definition) is 1. The van der Waals surface area contributed by atoms with Crippen LogP contribution >= 0.6 is 43.5 Å². The van der Waals surface area contributed by atoms with Gasteiger partial charge in [-0.05, 0) is 78.6 Å². The van der Waals surface area contributed by atoms with Gasteiger partial charge >= 0.3 is 0 Å². The fourth-order valence-electron chi connectivity index (χ4n) is 3.38. The molecule has 0 atom stereocenters. The molecule has 0 spiro atoms. The summed E-state index contributed by atoms with van der Waals surface area (Å²) in [5, 5.41) is 3.47. The second-order valence-electron chi connectivity index (χ2n) is 7.51. The summed E-state index contributed by atoms with van der Waals surface area (Å²) in [4.78, 5) is 13.2. The molecule has 0 radical (unpaired) electrons. The van der Waals surface area contributed by atoms with E-state index >= 15 is 0 Å². The lowest BCUT2D eigenvalue weighted by molar-refractivity contribution is -0.116. The molecule has 0 bridgehead atoms. The first kappa shape index (κ1) is 25.9. The molecule has 1 amide bonds. The summed E-state index contributed by atoms with van der Waals surface area (Å²) in [6.07, 6.45) is 0.724. The Labute approximate surface area is 216 Å². The van der Waals surface area contributed by atoms with Gasteiger partial charge in [-0.3, -0.25) is 4.79 Å². The van der Waals surface area contributed by atoms with E-state index in [1.54, 1.807) is 36.4 Å². The number of carbonyl (C=O) groups excluding carboxylic acids is 1. The van der Waals surface area contributed by atoms with Gasteiger partial charge in [0.05, 0.1) is 11.4 Å². The summed E-state index contributed by atoms with van der Waals surface area (Å²) in [5.74, 6) is -0.412. The van der Waals surface area contributed by atoms with E-state index in [9.17, 15) is 13.2 Å². The van der Waals surface area contributed by atoms with Crippen molar-refractivity contribution >= 4 is 65.1 Å². The van der Waals surface area contributed by atoms with E-state index in [0.717, 1.165) is 32.1 Å². The minimum absolute atomic E-state index is 0.0307. The Bertz CT molecular complexity index is 1250. The van der Waals surface area contributed by atoms with Crippen LogP contribution in [0.5, 0.6) is 0 Å². The van der Waals surface area contributed by atoms with Crippen LogP contribution in [0, 0.1) is 6.92 Å². The number of amides is 1. The second-order valence-corrected chi connectivity index (χ2v) is 11.7. The maximum atomic E-state index is 13.4. The summed E-state index contributed by atoms with van der Waals surface area (Å²) in [6.45, 7) is 3.61. The Morgan fingerprint density at radius 2 is 1.64 bits per heavy atom. The Hall–Kier alpha value is -1.71. The minimum atomic E-state index is -3.93. The maximum Gasteiger partial charge on any atom is 0.243 e. The standard InChI is InChI=1S/C24H23Br2ClN2O3S/c1-3-18-13-20(26)12-16(2)24(18)28-23(30)15-29(14-17-4-8-21(27)9-5-17)33(31,32)22-10-6-19(25)7-11-22/h4-13H,3,14-15H2,1-2H3,(H,28,30). The molecule has 0 fully saturated rings. The van der Waals surface area contributed by atoms with Crippen LogP contribution in [0.25, 0.3) is 0 Å². The average Bonchev–Trinajstić information content (AvgIpc) is 2.76. The van der Waals surface area contributed by atoms with Crippen LogP contribution in [0.15, 0.2) is 74.5 Å². The Morgan fingerprint density at radius 3 is 2.24 bits per heavy atom. The molecule has 33 heavy (non-hydrogen) atoms. The zero-order chi connectivity index (χ0) is 24.2. The van der Waals surface area contributed by atoms with Crippen molar-refractivity contribution in [1.82, 2.24) is 4.31 Å². The van der Waals surface area contributed by atoms with Gasteiger partial charge < -0.3 is 5.32 Å². The number of carbonyl (C=O) groups is 1. The van der Waals surface area contributed by atoms with Crippen molar-refractivity contribution in [3.05, 3.63) is 91.3 Å². The number of aryl methyl sites for hydroxylation is 2. The third-order valence-electron chi connectivity index (χ3n) is 5.07. The van der Waals surface area contributed by atoms with Gasteiger partial charge in [0.2, 0.25) is 15.9 Å². The van der Waals surface area contributed by atoms with Gasteiger partial charge in [-0.2, -0.15) is 4.31 Å². The average molecular weight is 615 g/mol. The fraction of sp³-hybridized carbons (Fsp3) is 0.208. The van der Waals surface area contributed by atoms with Crippen LogP contribution in [0.2, 0.25) is 5.02 Å². The molecule has 0 aliphatic heterocycles. The fourth-order valence-corrected chi connectivity index (χ4v) is 5.78. The van der Waals surface area contributed by atoms with Crippen LogP contribution in [-0.4, -0.2) is 25.2 Å². The summed E-state index contributed by atoms with van der Waals surface area (Å²) in [7, 11) is -3.93. The predicted molar refractivity (Wildman–Crippen MR) is 140 cm³/mol. The van der Waals surface area contributed by atoms with Gasteiger partial charge in [0.15, 0.2) is 0 Å². The second kappa shape index (κ2) is 11.1. The maximum absolute atomic E-state index is 13.4. The third-order valence-corrected chi connectivity index (χ3v) is 8.12. The molecule has 5 nitrogen and oxygen atoms in total. The first-order valence-electron chi connectivity index (χ1n) is 10.2. The quantitative estimate of drug-likeness (QED) is 0.312. The van der Waals surface area contributed by atoms with Crippen molar-refractivity contribution < 1.29 is 13.2 Å². The minimum Gasteiger partial charge on any atom is -0.324 e. The van der Waals surface area contributed by atoms with Gasteiger partial charge in [-0.25, -0.2) is 8.42 Å². The summed E-state index contributed by atoms with van der Waals surface area (Å²) >= 11 is 12.8. The highest BCUT2D eigenvalue weighted by Gasteiger charge is 2.27. The highest BCUT2D eigenvalue weighted by Crippen LogP contribution is 2.27. The van der Waals surface area contributed by atoms with Crippen molar-refractivity contribution in [2.45, 2.75) is 31.7 Å². The predicted octanol–water partition coefficient (Wildman–Crippen LogP) is 6.57. The normalized spacial score (nSPS) is 11.6. The number of nitrogens with zero attached hydrogens (tertiary/aromatic N) is 1. The highest BCUT2D eigenvalue weighted by atomic mass is 79.9. The van der Waals surface area contributed by atoms with Crippen molar-refractivity contribution in [1.29, 1.82) is 0 Å². The number of anilines is 1. The van der Waals surface area contributed by atoms with Gasteiger partial charge in [-0.1, -0.05) is 62.5 Å². The van der Waals surface area contributed by atoms with Crippen LogP contribution in [-0.2, 0) is 27.8 Å². The topological polar surface area (TPSA) is 66.5 Å². The van der Waals surface area contributed by atoms with E-state index in [-0.39, 0.29) is 18.0 Å². The lowest BCUT2D eigenvalue weighted by Gasteiger charge is -2.23. The molecule has 0 saturated carbocycles. The van der Waals surface area contributed by atoms with Gasteiger partial charge in [0.25, 0.3) is 0 Å². The number of rotatable bonds is 8. The van der Waals surface area contributed by atoms with Crippen molar-refractivity contribution in [3.63, 3.8) is 0 Å². The number of sulfonamides is 1. The molecule has 0 aliphatic carbocycles. The van der Waals surface area contributed by atoms with E-state index < -0.39 is 15.9 Å². The van der Waals surface area contributed by atoms with Crippen LogP contribution in [0.3, 0.4) is 0 Å². The molecule has 1 N–H and O–H groups in total. The Kier molecular flexibility index (Phi) is 8.75. The molecule has 0 heterocycles. The summed E-state index contributed by atoms with van der Waals surface area (Å²) in [6, 6.07) is 17.1. The van der Waals surface area contributed by atoms with Crippen molar-refractivity contribution in [3.8, 4) is 0 Å². The Balaban J connectivity index is 1.92. The number of hydrogen-bond acceptors (Lipinski definition) is 3.